The van der Waals surface area contributed by atoms with Gasteiger partial charge in [-0.3, -0.25) is 0 Å². The van der Waals surface area contributed by atoms with E-state index in [1.165, 1.54) is 11.1 Å². The van der Waals surface area contributed by atoms with Crippen LogP contribution in [0.5, 0.6) is 0 Å². The summed E-state index contributed by atoms with van der Waals surface area (Å²) in [5.41, 5.74) is 2.54. The summed E-state index contributed by atoms with van der Waals surface area (Å²) in [6, 6.07) is 21.1. The van der Waals surface area contributed by atoms with Crippen LogP contribution in [0, 0.1) is 5.92 Å². The molecular formula is C18H19BrO. The van der Waals surface area contributed by atoms with E-state index in [1.807, 2.05) is 0 Å². The first kappa shape index (κ1) is 13.8. The van der Waals surface area contributed by atoms with Gasteiger partial charge in [-0.1, -0.05) is 83.5 Å². The lowest BCUT2D eigenvalue weighted by molar-refractivity contribution is -0.0790. The van der Waals surface area contributed by atoms with E-state index in [2.05, 4.69) is 83.5 Å². The monoisotopic (exact) mass is 330 g/mol. The zero-order valence-electron chi connectivity index (χ0n) is 11.6. The van der Waals surface area contributed by atoms with Crippen LogP contribution < -0.4 is 0 Å². The topological polar surface area (TPSA) is 9.23 Å². The number of hydrogen-bond acceptors (Lipinski definition) is 1. The van der Waals surface area contributed by atoms with Crippen molar-refractivity contribution in [2.75, 3.05) is 0 Å². The average Bonchev–Trinajstić information content (AvgIpc) is 2.51. The van der Waals surface area contributed by atoms with Crippen molar-refractivity contribution in [1.29, 1.82) is 0 Å². The molecular weight excluding hydrogens is 312 g/mol. The molecule has 2 heteroatoms. The van der Waals surface area contributed by atoms with Crippen LogP contribution in [0.15, 0.2) is 60.7 Å². The highest BCUT2D eigenvalue weighted by Gasteiger charge is 2.35. The van der Waals surface area contributed by atoms with Gasteiger partial charge in [0.05, 0.1) is 12.2 Å². The minimum Gasteiger partial charge on any atom is -0.365 e. The van der Waals surface area contributed by atoms with Crippen molar-refractivity contribution in [3.8, 4) is 0 Å². The number of alkyl halides is 1. The van der Waals surface area contributed by atoms with Crippen LogP contribution in [0.3, 0.4) is 0 Å². The van der Waals surface area contributed by atoms with Crippen LogP contribution >= 0.6 is 15.9 Å². The second kappa shape index (κ2) is 6.11. The molecule has 2 aromatic carbocycles. The summed E-state index contributed by atoms with van der Waals surface area (Å²) in [5.74, 6) is 0.470. The minimum atomic E-state index is 0.152. The van der Waals surface area contributed by atoms with Gasteiger partial charge < -0.3 is 4.74 Å². The molecule has 0 bridgehead atoms. The predicted octanol–water partition coefficient (Wildman–Crippen LogP) is 5.29. The molecule has 0 spiro atoms. The van der Waals surface area contributed by atoms with E-state index in [1.54, 1.807) is 0 Å². The molecule has 1 fully saturated rings. The van der Waals surface area contributed by atoms with Crippen molar-refractivity contribution in [2.45, 2.75) is 30.4 Å². The van der Waals surface area contributed by atoms with Gasteiger partial charge in [-0.25, -0.2) is 0 Å². The van der Waals surface area contributed by atoms with Crippen molar-refractivity contribution < 1.29 is 4.74 Å². The third-order valence-corrected chi connectivity index (χ3v) is 5.31. The van der Waals surface area contributed by atoms with Gasteiger partial charge in [-0.05, 0) is 23.5 Å². The van der Waals surface area contributed by atoms with Crippen LogP contribution in [0.2, 0.25) is 0 Å². The third kappa shape index (κ3) is 2.82. The number of hydrogen-bond donors (Lipinski definition) is 0. The fourth-order valence-corrected chi connectivity index (χ4v) is 3.49. The summed E-state index contributed by atoms with van der Waals surface area (Å²) in [4.78, 5) is 0.478. The largest absolute Gasteiger partial charge is 0.365 e. The van der Waals surface area contributed by atoms with Crippen LogP contribution in [-0.2, 0) is 4.74 Å². The Bertz CT molecular complexity index is 540. The maximum atomic E-state index is 6.41. The van der Waals surface area contributed by atoms with Crippen molar-refractivity contribution in [1.82, 2.24) is 0 Å². The maximum Gasteiger partial charge on any atom is 0.0869 e. The molecule has 20 heavy (non-hydrogen) atoms. The highest BCUT2D eigenvalue weighted by atomic mass is 79.9. The molecule has 4 atom stereocenters. The Balaban J connectivity index is 1.87. The first-order valence-electron chi connectivity index (χ1n) is 7.15. The van der Waals surface area contributed by atoms with Gasteiger partial charge in [0.2, 0.25) is 0 Å². The molecule has 2 aromatic rings. The van der Waals surface area contributed by atoms with E-state index < -0.39 is 0 Å². The minimum absolute atomic E-state index is 0.152. The molecule has 1 nitrogen and oxygen atoms in total. The summed E-state index contributed by atoms with van der Waals surface area (Å²) in [7, 11) is 0. The summed E-state index contributed by atoms with van der Waals surface area (Å²) in [6.45, 7) is 2.26. The van der Waals surface area contributed by atoms with Gasteiger partial charge in [0.1, 0.15) is 0 Å². The van der Waals surface area contributed by atoms with Gasteiger partial charge in [0.15, 0.2) is 0 Å². The zero-order chi connectivity index (χ0) is 13.9. The molecule has 104 valence electrons. The standard InChI is InChI=1S/C18H19BrO/c1-13-16(19)12-17(14-8-4-2-5-9-14)20-18(13)15-10-6-3-7-11-15/h2-11,13,16-18H,12H2,1H3/t13-,16+,17+,18-/m0/s1. The molecule has 0 amide bonds. The zero-order valence-corrected chi connectivity index (χ0v) is 13.2. The van der Waals surface area contributed by atoms with Gasteiger partial charge in [0.25, 0.3) is 0 Å². The van der Waals surface area contributed by atoms with E-state index in [9.17, 15) is 0 Å². The predicted molar refractivity (Wildman–Crippen MR) is 85.9 cm³/mol. The van der Waals surface area contributed by atoms with Crippen molar-refractivity contribution in [3.05, 3.63) is 71.8 Å². The second-order valence-electron chi connectivity index (χ2n) is 5.48. The lowest BCUT2D eigenvalue weighted by Crippen LogP contribution is -2.31. The molecule has 1 heterocycles. The quantitative estimate of drug-likeness (QED) is 0.680. The lowest BCUT2D eigenvalue weighted by Gasteiger charge is -2.38. The van der Waals surface area contributed by atoms with Crippen molar-refractivity contribution in [2.24, 2.45) is 5.92 Å². The molecule has 0 unspecified atom stereocenters. The van der Waals surface area contributed by atoms with E-state index in [-0.39, 0.29) is 12.2 Å². The SMILES string of the molecule is C[C@H]1[C@H](Br)C[C@H](c2ccccc2)O[C@@H]1c1ccccc1. The van der Waals surface area contributed by atoms with Gasteiger partial charge >= 0.3 is 0 Å². The molecule has 0 radical (unpaired) electrons. The van der Waals surface area contributed by atoms with Crippen LogP contribution in [0.25, 0.3) is 0 Å². The number of halogens is 1. The molecule has 1 aliphatic rings. The first-order chi connectivity index (χ1) is 9.75. The Morgan fingerprint density at radius 1 is 0.900 bits per heavy atom. The normalized spacial score (nSPS) is 30.1. The van der Waals surface area contributed by atoms with Crippen molar-refractivity contribution >= 4 is 15.9 Å². The molecule has 0 aromatic heterocycles. The third-order valence-electron chi connectivity index (χ3n) is 4.10. The molecule has 0 saturated carbocycles. The second-order valence-corrected chi connectivity index (χ2v) is 6.65. The summed E-state index contributed by atoms with van der Waals surface area (Å²) >= 11 is 3.85. The number of benzene rings is 2. The average molecular weight is 331 g/mol. The smallest absolute Gasteiger partial charge is 0.0869 e. The van der Waals surface area contributed by atoms with Gasteiger partial charge in [-0.2, -0.15) is 0 Å². The van der Waals surface area contributed by atoms with Gasteiger partial charge in [-0.15, -0.1) is 0 Å². The summed E-state index contributed by atoms with van der Waals surface area (Å²) < 4.78 is 6.41. The highest BCUT2D eigenvalue weighted by Crippen LogP contribution is 2.44. The fourth-order valence-electron chi connectivity index (χ4n) is 2.87. The van der Waals surface area contributed by atoms with E-state index in [0.717, 1.165) is 6.42 Å². The Morgan fingerprint density at radius 2 is 1.45 bits per heavy atom. The molecule has 1 aliphatic heterocycles. The Kier molecular flexibility index (Phi) is 4.23. The molecule has 3 rings (SSSR count). The van der Waals surface area contributed by atoms with E-state index in [4.69, 9.17) is 4.74 Å². The Labute approximate surface area is 129 Å². The van der Waals surface area contributed by atoms with Crippen LogP contribution in [0.4, 0.5) is 0 Å². The first-order valence-corrected chi connectivity index (χ1v) is 8.06. The Morgan fingerprint density at radius 3 is 2.05 bits per heavy atom. The molecule has 0 aliphatic carbocycles. The molecule has 0 N–H and O–H groups in total. The summed E-state index contributed by atoms with van der Waals surface area (Å²) in [6.07, 6.45) is 1.34. The Hall–Kier alpha value is -1.12. The van der Waals surface area contributed by atoms with Crippen molar-refractivity contribution in [3.63, 3.8) is 0 Å². The highest BCUT2D eigenvalue weighted by molar-refractivity contribution is 9.09. The van der Waals surface area contributed by atoms with E-state index in [0.29, 0.717) is 10.7 Å². The van der Waals surface area contributed by atoms with Crippen LogP contribution in [0.1, 0.15) is 36.7 Å². The maximum absolute atomic E-state index is 6.41. The number of ether oxygens (including phenoxy) is 1. The van der Waals surface area contributed by atoms with Gasteiger partial charge in [0, 0.05) is 4.83 Å². The number of rotatable bonds is 2. The summed E-state index contributed by atoms with van der Waals surface area (Å²) in [5, 5.41) is 0. The fraction of sp³-hybridized carbons (Fsp3) is 0.333. The van der Waals surface area contributed by atoms with Crippen LogP contribution in [-0.4, -0.2) is 4.83 Å². The molecule has 1 saturated heterocycles. The van der Waals surface area contributed by atoms with E-state index >= 15 is 0 Å². The lowest BCUT2D eigenvalue weighted by atomic mass is 9.87.